The van der Waals surface area contributed by atoms with Crippen molar-refractivity contribution in [2.75, 3.05) is 7.11 Å². The zero-order chi connectivity index (χ0) is 28.5. The Morgan fingerprint density at radius 2 is 1.85 bits per heavy atom. The maximum atomic E-state index is 13.5. The van der Waals surface area contributed by atoms with E-state index < -0.39 is 11.2 Å². The Morgan fingerprint density at radius 1 is 1.05 bits per heavy atom. The van der Waals surface area contributed by atoms with E-state index in [1.165, 1.54) is 30.5 Å². The van der Waals surface area contributed by atoms with Crippen molar-refractivity contribution in [3.8, 4) is 28.6 Å². The summed E-state index contributed by atoms with van der Waals surface area (Å²) in [6, 6.07) is 14.8. The van der Waals surface area contributed by atoms with E-state index in [1.54, 1.807) is 42.4 Å². The monoisotopic (exact) mass is 550 g/mol. The molecule has 2 aromatic carbocycles. The first-order valence-corrected chi connectivity index (χ1v) is 13.4. The third-order valence-electron chi connectivity index (χ3n) is 7.14. The van der Waals surface area contributed by atoms with E-state index in [1.807, 2.05) is 12.1 Å². The molecule has 41 heavy (non-hydrogen) atoms. The number of hydrogen-bond donors (Lipinski definition) is 0. The average Bonchev–Trinajstić information content (AvgIpc) is 3.84. The first-order valence-electron chi connectivity index (χ1n) is 13.4. The van der Waals surface area contributed by atoms with Gasteiger partial charge >= 0.3 is 0 Å². The largest absolute Gasteiger partial charge is 0.496 e. The number of aromatic nitrogens is 4. The Kier molecular flexibility index (Phi) is 7.01. The van der Waals surface area contributed by atoms with E-state index in [-0.39, 0.29) is 29.5 Å². The van der Waals surface area contributed by atoms with Gasteiger partial charge in [0.05, 0.1) is 24.2 Å². The summed E-state index contributed by atoms with van der Waals surface area (Å²) in [5, 5.41) is 5.26. The Morgan fingerprint density at radius 3 is 2.54 bits per heavy atom. The Balaban J connectivity index is 1.24. The van der Waals surface area contributed by atoms with Crippen LogP contribution in [0, 0.1) is 5.82 Å². The molecule has 0 amide bonds. The summed E-state index contributed by atoms with van der Waals surface area (Å²) in [7, 11) is 1.63. The number of hydrogen-bond acceptors (Lipinski definition) is 7. The third kappa shape index (κ3) is 5.43. The van der Waals surface area contributed by atoms with Gasteiger partial charge in [-0.05, 0) is 72.9 Å². The van der Waals surface area contributed by atoms with E-state index in [0.29, 0.717) is 22.8 Å². The summed E-state index contributed by atoms with van der Waals surface area (Å²) in [5.41, 5.74) is 2.66. The van der Waals surface area contributed by atoms with Gasteiger partial charge in [0, 0.05) is 42.0 Å². The number of benzene rings is 2. The number of halogens is 1. The van der Waals surface area contributed by atoms with Crippen molar-refractivity contribution in [3.05, 3.63) is 106 Å². The van der Waals surface area contributed by atoms with Crippen molar-refractivity contribution >= 4 is 16.7 Å². The SMILES string of the molecule is CCc1cc2nccc(Oc3ccc(CC(=O)c4cn(C5CC5)nc(-c5ccc(F)cc5)c4=O)cn3)c2cc1OC. The van der Waals surface area contributed by atoms with Crippen LogP contribution in [0.3, 0.4) is 0 Å². The highest BCUT2D eigenvalue weighted by Crippen LogP contribution is 2.35. The summed E-state index contributed by atoms with van der Waals surface area (Å²) < 4.78 is 26.8. The van der Waals surface area contributed by atoms with E-state index in [9.17, 15) is 14.0 Å². The number of aryl methyl sites for hydroxylation is 1. The molecule has 0 bridgehead atoms. The summed E-state index contributed by atoms with van der Waals surface area (Å²) in [6.07, 6.45) is 7.43. The van der Waals surface area contributed by atoms with Gasteiger partial charge in [0.15, 0.2) is 5.78 Å². The fourth-order valence-electron chi connectivity index (χ4n) is 4.74. The topological polar surface area (TPSA) is 96.2 Å². The minimum Gasteiger partial charge on any atom is -0.496 e. The van der Waals surface area contributed by atoms with Crippen molar-refractivity contribution in [1.82, 2.24) is 19.7 Å². The molecule has 3 aromatic heterocycles. The first-order chi connectivity index (χ1) is 19.9. The predicted molar refractivity (Wildman–Crippen MR) is 152 cm³/mol. The molecule has 1 aliphatic carbocycles. The maximum absolute atomic E-state index is 13.5. The minimum atomic E-state index is -0.474. The van der Waals surface area contributed by atoms with Gasteiger partial charge in [-0.25, -0.2) is 9.37 Å². The van der Waals surface area contributed by atoms with Gasteiger partial charge in [-0.1, -0.05) is 13.0 Å². The number of Topliss-reactive ketones (excluding diaryl/α,β-unsaturated/α-hetero) is 1. The molecule has 0 spiro atoms. The highest BCUT2D eigenvalue weighted by Gasteiger charge is 2.27. The van der Waals surface area contributed by atoms with Gasteiger partial charge in [0.25, 0.3) is 0 Å². The first kappa shape index (κ1) is 26.3. The molecule has 1 saturated carbocycles. The lowest BCUT2D eigenvalue weighted by atomic mass is 10.0. The molecule has 8 nitrogen and oxygen atoms in total. The molecule has 1 fully saturated rings. The van der Waals surface area contributed by atoms with Gasteiger partial charge in [0.1, 0.15) is 23.0 Å². The van der Waals surface area contributed by atoms with Gasteiger partial charge in [-0.2, -0.15) is 5.10 Å². The zero-order valence-corrected chi connectivity index (χ0v) is 22.6. The molecule has 0 saturated heterocycles. The van der Waals surface area contributed by atoms with Crippen LogP contribution in [0.2, 0.25) is 0 Å². The van der Waals surface area contributed by atoms with Gasteiger partial charge in [-0.3, -0.25) is 19.3 Å². The molecule has 0 aliphatic heterocycles. The molecule has 0 radical (unpaired) electrons. The molecule has 5 aromatic rings. The van der Waals surface area contributed by atoms with Crippen molar-refractivity contribution in [3.63, 3.8) is 0 Å². The van der Waals surface area contributed by atoms with Crippen LogP contribution in [0.1, 0.15) is 47.3 Å². The number of methoxy groups -OCH3 is 1. The van der Waals surface area contributed by atoms with Crippen LogP contribution in [0.5, 0.6) is 17.4 Å². The molecular formula is C32H27FN4O4. The van der Waals surface area contributed by atoms with Crippen LogP contribution in [-0.2, 0) is 12.8 Å². The van der Waals surface area contributed by atoms with Crippen LogP contribution >= 0.6 is 0 Å². The van der Waals surface area contributed by atoms with Crippen molar-refractivity contribution < 1.29 is 18.7 Å². The van der Waals surface area contributed by atoms with E-state index >= 15 is 0 Å². The molecule has 6 rings (SSSR count). The second kappa shape index (κ2) is 10.9. The average molecular weight is 551 g/mol. The number of carbonyl (C=O) groups is 1. The van der Waals surface area contributed by atoms with Gasteiger partial charge < -0.3 is 9.47 Å². The van der Waals surface area contributed by atoms with E-state index in [2.05, 4.69) is 22.0 Å². The highest BCUT2D eigenvalue weighted by molar-refractivity contribution is 5.98. The lowest BCUT2D eigenvalue weighted by Crippen LogP contribution is -2.23. The lowest BCUT2D eigenvalue weighted by molar-refractivity contribution is 0.0990. The van der Waals surface area contributed by atoms with Crippen LogP contribution in [0.4, 0.5) is 4.39 Å². The molecule has 0 atom stereocenters. The lowest BCUT2D eigenvalue weighted by Gasteiger charge is -2.12. The fourth-order valence-corrected chi connectivity index (χ4v) is 4.74. The van der Waals surface area contributed by atoms with Gasteiger partial charge in [0.2, 0.25) is 11.3 Å². The number of fused-ring (bicyclic) bond motifs is 1. The number of pyridine rings is 2. The Labute approximate surface area is 235 Å². The number of rotatable bonds is 9. The summed E-state index contributed by atoms with van der Waals surface area (Å²) in [5.74, 6) is 0.943. The third-order valence-corrected chi connectivity index (χ3v) is 7.14. The van der Waals surface area contributed by atoms with Crippen LogP contribution in [0.15, 0.2) is 78.0 Å². The molecule has 206 valence electrons. The summed E-state index contributed by atoms with van der Waals surface area (Å²) in [4.78, 5) is 35.5. The van der Waals surface area contributed by atoms with Crippen molar-refractivity contribution in [1.29, 1.82) is 0 Å². The molecular weight excluding hydrogens is 523 g/mol. The molecule has 9 heteroatoms. The second-order valence-electron chi connectivity index (χ2n) is 9.99. The van der Waals surface area contributed by atoms with Crippen LogP contribution < -0.4 is 14.9 Å². The number of ether oxygens (including phenoxy) is 2. The van der Waals surface area contributed by atoms with E-state index in [4.69, 9.17) is 9.47 Å². The van der Waals surface area contributed by atoms with Crippen molar-refractivity contribution in [2.45, 2.75) is 38.6 Å². The summed E-state index contributed by atoms with van der Waals surface area (Å²) in [6.45, 7) is 2.06. The van der Waals surface area contributed by atoms with Crippen molar-refractivity contribution in [2.24, 2.45) is 0 Å². The maximum Gasteiger partial charge on any atom is 0.219 e. The van der Waals surface area contributed by atoms with Gasteiger partial charge in [-0.15, -0.1) is 0 Å². The number of carbonyl (C=O) groups excluding carboxylic acids is 1. The summed E-state index contributed by atoms with van der Waals surface area (Å²) >= 11 is 0. The van der Waals surface area contributed by atoms with Crippen LogP contribution in [0.25, 0.3) is 22.2 Å². The minimum absolute atomic E-state index is 0.0186. The number of nitrogens with zero attached hydrogens (tertiary/aromatic N) is 4. The molecule has 0 unspecified atom stereocenters. The quantitative estimate of drug-likeness (QED) is 0.204. The molecule has 0 N–H and O–H groups in total. The fraction of sp³-hybridized carbons (Fsp3) is 0.219. The predicted octanol–water partition coefficient (Wildman–Crippen LogP) is 6.12. The Bertz CT molecular complexity index is 1810. The standard InChI is InChI=1S/C32H27FN4O4/c1-3-20-15-26-24(16-29(20)40-2)28(12-13-34-26)41-30-11-4-19(17-35-30)14-27(38)25-18-37(23-9-10-23)36-31(32(25)39)21-5-7-22(33)8-6-21/h4-8,11-13,15-18,23H,3,9-10,14H2,1-2H3. The molecule has 3 heterocycles. The van der Waals surface area contributed by atoms with Crippen LogP contribution in [-0.4, -0.2) is 32.6 Å². The highest BCUT2D eigenvalue weighted by atomic mass is 19.1. The normalized spacial score (nSPS) is 12.9. The second-order valence-corrected chi connectivity index (χ2v) is 9.99. The van der Waals surface area contributed by atoms with E-state index in [0.717, 1.165) is 41.5 Å². The number of ketones is 1. The molecule has 1 aliphatic rings. The zero-order valence-electron chi connectivity index (χ0n) is 22.6. The smallest absolute Gasteiger partial charge is 0.219 e. The Hall–Kier alpha value is -4.92.